The van der Waals surface area contributed by atoms with Gasteiger partial charge in [-0.05, 0) is 44.2 Å². The Morgan fingerprint density at radius 3 is 2.76 bits per heavy atom. The highest BCUT2D eigenvalue weighted by Crippen LogP contribution is 2.37. The molecule has 0 spiro atoms. The minimum Gasteiger partial charge on any atom is -0.393 e. The molecule has 0 saturated carbocycles. The summed E-state index contributed by atoms with van der Waals surface area (Å²) in [7, 11) is 2.03. The molecule has 0 bridgehead atoms. The lowest BCUT2D eigenvalue weighted by atomic mass is 9.98. The summed E-state index contributed by atoms with van der Waals surface area (Å²) in [6.07, 6.45) is 4.17. The molecule has 194 valence electrons. The van der Waals surface area contributed by atoms with E-state index in [1.54, 1.807) is 0 Å². The maximum absolute atomic E-state index is 10.3. The van der Waals surface area contributed by atoms with E-state index in [9.17, 15) is 5.11 Å². The first-order chi connectivity index (χ1) is 17.8. The highest BCUT2D eigenvalue weighted by Gasteiger charge is 2.32. The number of piperidine rings is 1. The van der Waals surface area contributed by atoms with E-state index in [0.717, 1.165) is 78.8 Å². The first-order valence-corrected chi connectivity index (χ1v) is 13.5. The quantitative estimate of drug-likeness (QED) is 0.423. The van der Waals surface area contributed by atoms with Crippen LogP contribution in [0.2, 0.25) is 0 Å². The highest BCUT2D eigenvalue weighted by molar-refractivity contribution is 5.96. The van der Waals surface area contributed by atoms with E-state index in [4.69, 9.17) is 15.1 Å². The lowest BCUT2D eigenvalue weighted by Gasteiger charge is -2.40. The fourth-order valence-electron chi connectivity index (χ4n) is 6.01. The number of anilines is 2. The zero-order valence-electron chi connectivity index (χ0n) is 22.5. The van der Waals surface area contributed by atoms with Gasteiger partial charge in [-0.1, -0.05) is 26.0 Å². The van der Waals surface area contributed by atoms with E-state index in [-0.39, 0.29) is 12.1 Å². The molecule has 3 aromatic heterocycles. The van der Waals surface area contributed by atoms with Crippen LogP contribution in [0.4, 0.5) is 11.6 Å². The van der Waals surface area contributed by atoms with Crippen LogP contribution in [0.1, 0.15) is 62.0 Å². The summed E-state index contributed by atoms with van der Waals surface area (Å²) in [5.41, 5.74) is 6.82. The second-order valence-electron chi connectivity index (χ2n) is 11.1. The number of H-pyrrole nitrogens is 1. The van der Waals surface area contributed by atoms with E-state index < -0.39 is 0 Å². The zero-order chi connectivity index (χ0) is 25.8. The molecule has 2 unspecified atom stereocenters. The summed E-state index contributed by atoms with van der Waals surface area (Å²) < 4.78 is 2.00. The maximum atomic E-state index is 10.3. The van der Waals surface area contributed by atoms with Gasteiger partial charge < -0.3 is 19.9 Å². The number of aryl methyl sites for hydroxylation is 2. The van der Waals surface area contributed by atoms with Crippen molar-refractivity contribution in [3.8, 4) is 11.4 Å². The largest absolute Gasteiger partial charge is 0.393 e. The lowest BCUT2D eigenvalue weighted by molar-refractivity contribution is 0.131. The number of nitrogens with zero attached hydrogens (tertiary/aromatic N) is 6. The normalized spacial score (nSPS) is 20.2. The van der Waals surface area contributed by atoms with Crippen LogP contribution in [0.3, 0.4) is 0 Å². The van der Waals surface area contributed by atoms with Crippen LogP contribution in [0, 0.1) is 6.92 Å². The van der Waals surface area contributed by atoms with Gasteiger partial charge in [0, 0.05) is 73.4 Å². The van der Waals surface area contributed by atoms with E-state index in [1.807, 2.05) is 11.7 Å². The topological polar surface area (TPSA) is 86.1 Å². The number of aromatic amines is 1. The molecular formula is C29H37N7O. The van der Waals surface area contributed by atoms with E-state index in [1.165, 1.54) is 16.5 Å². The molecule has 6 rings (SSSR count). The number of rotatable bonds is 4. The molecular weight excluding hydrogens is 462 g/mol. The minimum absolute atomic E-state index is 0.208. The van der Waals surface area contributed by atoms with Crippen LogP contribution in [0.5, 0.6) is 0 Å². The SMILES string of the molecule is Cc1c[nH]c2cccc(-c3nc4c(c(N5CCC(O)CC5C)n3)CN(c3cc(C(C)C)nn3C)CC4)c12. The van der Waals surface area contributed by atoms with Crippen molar-refractivity contribution in [3.63, 3.8) is 0 Å². The minimum atomic E-state index is -0.250. The van der Waals surface area contributed by atoms with Gasteiger partial charge in [0.05, 0.1) is 17.5 Å². The Balaban J connectivity index is 1.47. The van der Waals surface area contributed by atoms with Crippen molar-refractivity contribution >= 4 is 22.5 Å². The van der Waals surface area contributed by atoms with Gasteiger partial charge in [-0.3, -0.25) is 4.68 Å². The molecule has 1 fully saturated rings. The summed E-state index contributed by atoms with van der Waals surface area (Å²) in [5.74, 6) is 3.33. The van der Waals surface area contributed by atoms with Crippen molar-refractivity contribution in [2.24, 2.45) is 7.05 Å². The average Bonchev–Trinajstić information content (AvgIpc) is 3.46. The van der Waals surface area contributed by atoms with Gasteiger partial charge in [0.1, 0.15) is 11.6 Å². The van der Waals surface area contributed by atoms with Crippen molar-refractivity contribution < 1.29 is 5.11 Å². The van der Waals surface area contributed by atoms with Crippen molar-refractivity contribution in [1.82, 2.24) is 24.7 Å². The van der Waals surface area contributed by atoms with Crippen molar-refractivity contribution in [3.05, 3.63) is 53.0 Å². The number of aromatic nitrogens is 5. The molecule has 0 radical (unpaired) electrons. The van der Waals surface area contributed by atoms with Crippen LogP contribution >= 0.6 is 0 Å². The number of nitrogens with one attached hydrogen (secondary N) is 1. The Morgan fingerprint density at radius 2 is 2.00 bits per heavy atom. The number of hydrogen-bond donors (Lipinski definition) is 2. The molecule has 37 heavy (non-hydrogen) atoms. The third-order valence-corrected chi connectivity index (χ3v) is 8.09. The maximum Gasteiger partial charge on any atom is 0.162 e. The van der Waals surface area contributed by atoms with Gasteiger partial charge in [-0.25, -0.2) is 9.97 Å². The molecule has 8 nitrogen and oxygen atoms in total. The first-order valence-electron chi connectivity index (χ1n) is 13.5. The predicted octanol–water partition coefficient (Wildman–Crippen LogP) is 4.70. The standard InChI is InChI=1S/C29H37N7O/c1-17(2)25-14-26(34(5)33-25)35-11-10-23-22(16-35)29(36-12-9-20(37)13-19(36)4)32-28(31-23)21-7-6-8-24-27(21)18(3)15-30-24/h6-8,14-15,17,19-20,30,37H,9-13,16H2,1-5H3. The van der Waals surface area contributed by atoms with Crippen molar-refractivity contribution in [1.29, 1.82) is 0 Å². The Kier molecular flexibility index (Phi) is 5.94. The molecule has 2 aliphatic rings. The number of benzene rings is 1. The summed E-state index contributed by atoms with van der Waals surface area (Å²) in [4.78, 5) is 18.7. The monoisotopic (exact) mass is 499 g/mol. The smallest absolute Gasteiger partial charge is 0.162 e. The fraction of sp³-hybridized carbons (Fsp3) is 0.483. The zero-order valence-corrected chi connectivity index (χ0v) is 22.5. The molecule has 0 amide bonds. The molecule has 5 heterocycles. The average molecular weight is 500 g/mol. The van der Waals surface area contributed by atoms with Gasteiger partial charge in [0.15, 0.2) is 5.82 Å². The summed E-state index contributed by atoms with van der Waals surface area (Å²) in [5, 5.41) is 16.3. The second-order valence-corrected chi connectivity index (χ2v) is 11.1. The number of fused-ring (bicyclic) bond motifs is 2. The van der Waals surface area contributed by atoms with E-state index in [2.05, 4.69) is 72.9 Å². The van der Waals surface area contributed by atoms with Gasteiger partial charge in [-0.15, -0.1) is 0 Å². The van der Waals surface area contributed by atoms with Gasteiger partial charge in [0.25, 0.3) is 0 Å². The second kappa shape index (κ2) is 9.17. The molecule has 0 aliphatic carbocycles. The third kappa shape index (κ3) is 4.17. The summed E-state index contributed by atoms with van der Waals surface area (Å²) in [6.45, 7) is 11.1. The fourth-order valence-corrected chi connectivity index (χ4v) is 6.01. The number of hydrogen-bond acceptors (Lipinski definition) is 6. The number of aliphatic hydroxyl groups is 1. The van der Waals surface area contributed by atoms with Crippen molar-refractivity contribution in [2.75, 3.05) is 22.9 Å². The van der Waals surface area contributed by atoms with Crippen LogP contribution in [0.15, 0.2) is 30.5 Å². The Morgan fingerprint density at radius 1 is 1.16 bits per heavy atom. The highest BCUT2D eigenvalue weighted by atomic mass is 16.3. The van der Waals surface area contributed by atoms with E-state index >= 15 is 0 Å². The Labute approximate surface area is 218 Å². The van der Waals surface area contributed by atoms with Crippen LogP contribution in [-0.2, 0) is 20.0 Å². The number of aliphatic hydroxyl groups excluding tert-OH is 1. The molecule has 2 aliphatic heterocycles. The third-order valence-electron chi connectivity index (χ3n) is 8.09. The molecule has 1 aromatic carbocycles. The molecule has 4 aromatic rings. The molecule has 2 atom stereocenters. The molecule has 1 saturated heterocycles. The molecule has 2 N–H and O–H groups in total. The summed E-state index contributed by atoms with van der Waals surface area (Å²) >= 11 is 0. The Hall–Kier alpha value is -3.39. The van der Waals surface area contributed by atoms with Crippen LogP contribution < -0.4 is 9.80 Å². The lowest BCUT2D eigenvalue weighted by Crippen LogP contribution is -2.45. The van der Waals surface area contributed by atoms with Crippen molar-refractivity contribution in [2.45, 2.75) is 71.6 Å². The first kappa shape index (κ1) is 24.0. The van der Waals surface area contributed by atoms with Gasteiger partial charge in [0.2, 0.25) is 0 Å². The Bertz CT molecular complexity index is 1450. The predicted molar refractivity (Wildman–Crippen MR) is 148 cm³/mol. The van der Waals surface area contributed by atoms with Gasteiger partial charge >= 0.3 is 0 Å². The molecule has 8 heteroatoms. The van der Waals surface area contributed by atoms with Crippen LogP contribution in [-0.4, -0.2) is 55.1 Å². The van der Waals surface area contributed by atoms with Crippen LogP contribution in [0.25, 0.3) is 22.3 Å². The van der Waals surface area contributed by atoms with Gasteiger partial charge in [-0.2, -0.15) is 5.10 Å². The van der Waals surface area contributed by atoms with E-state index in [0.29, 0.717) is 5.92 Å². The summed E-state index contributed by atoms with van der Waals surface area (Å²) in [6, 6.07) is 8.75.